The highest BCUT2D eigenvalue weighted by Gasteiger charge is 2.01. The van der Waals surface area contributed by atoms with Crippen molar-refractivity contribution in [3.8, 4) is 0 Å². The van der Waals surface area contributed by atoms with Gasteiger partial charge in [0.2, 0.25) is 5.91 Å². The van der Waals surface area contributed by atoms with Crippen molar-refractivity contribution in [2.24, 2.45) is 0 Å². The van der Waals surface area contributed by atoms with Crippen molar-refractivity contribution < 1.29 is 9.18 Å². The Morgan fingerprint density at radius 1 is 1.14 bits per heavy atom. The molecule has 0 spiro atoms. The predicted molar refractivity (Wildman–Crippen MR) is 83.6 cm³/mol. The second-order valence-corrected chi connectivity index (χ2v) is 4.89. The van der Waals surface area contributed by atoms with Gasteiger partial charge in [0.1, 0.15) is 5.82 Å². The molecule has 0 aliphatic heterocycles. The standard InChI is InChI=1S/C17H15ClFNO/c18-15-7-3-1-5-13(15)9-10-17(21)20-12-11-14-6-2-4-8-16(14)19/h1-10H,11-12H2,(H,20,21)/b10-9+. The molecule has 0 bridgehead atoms. The summed E-state index contributed by atoms with van der Waals surface area (Å²) < 4.78 is 13.4. The van der Waals surface area contributed by atoms with E-state index < -0.39 is 0 Å². The highest BCUT2D eigenvalue weighted by molar-refractivity contribution is 6.32. The Hall–Kier alpha value is -2.13. The van der Waals surface area contributed by atoms with E-state index in [4.69, 9.17) is 11.6 Å². The molecule has 21 heavy (non-hydrogen) atoms. The van der Waals surface area contributed by atoms with Crippen LogP contribution in [0, 0.1) is 5.82 Å². The molecule has 2 aromatic carbocycles. The smallest absolute Gasteiger partial charge is 0.244 e. The zero-order valence-corrected chi connectivity index (χ0v) is 12.1. The van der Waals surface area contributed by atoms with Gasteiger partial charge >= 0.3 is 0 Å². The number of benzene rings is 2. The molecule has 0 aliphatic rings. The molecule has 1 amide bonds. The Kier molecular flexibility index (Phi) is 5.52. The van der Waals surface area contributed by atoms with E-state index in [9.17, 15) is 9.18 Å². The van der Waals surface area contributed by atoms with Gasteiger partial charge in [0.05, 0.1) is 0 Å². The first-order valence-corrected chi connectivity index (χ1v) is 6.98. The Labute approximate surface area is 128 Å². The summed E-state index contributed by atoms with van der Waals surface area (Å²) in [6.45, 7) is 0.382. The fourth-order valence-corrected chi connectivity index (χ4v) is 2.05. The number of hydrogen-bond acceptors (Lipinski definition) is 1. The molecule has 0 atom stereocenters. The molecule has 2 rings (SSSR count). The lowest BCUT2D eigenvalue weighted by atomic mass is 10.1. The van der Waals surface area contributed by atoms with Crippen LogP contribution in [0.25, 0.3) is 6.08 Å². The lowest BCUT2D eigenvalue weighted by Crippen LogP contribution is -2.23. The van der Waals surface area contributed by atoms with E-state index in [1.807, 2.05) is 18.2 Å². The molecule has 2 aromatic rings. The minimum absolute atomic E-state index is 0.230. The van der Waals surface area contributed by atoms with Crippen molar-refractivity contribution in [3.05, 3.63) is 76.6 Å². The van der Waals surface area contributed by atoms with E-state index in [2.05, 4.69) is 5.32 Å². The van der Waals surface area contributed by atoms with Crippen LogP contribution in [0.1, 0.15) is 11.1 Å². The van der Waals surface area contributed by atoms with E-state index in [1.165, 1.54) is 12.1 Å². The normalized spacial score (nSPS) is 10.8. The van der Waals surface area contributed by atoms with Crippen molar-refractivity contribution in [1.29, 1.82) is 0 Å². The molecule has 0 unspecified atom stereocenters. The number of hydrogen-bond donors (Lipinski definition) is 1. The second kappa shape index (κ2) is 7.60. The lowest BCUT2D eigenvalue weighted by molar-refractivity contribution is -0.116. The summed E-state index contributed by atoms with van der Waals surface area (Å²) in [5, 5.41) is 3.30. The average molecular weight is 304 g/mol. The van der Waals surface area contributed by atoms with Crippen molar-refractivity contribution >= 4 is 23.6 Å². The van der Waals surface area contributed by atoms with E-state index in [1.54, 1.807) is 30.3 Å². The molecular formula is C17H15ClFNO. The first-order chi connectivity index (χ1) is 10.2. The third-order valence-corrected chi connectivity index (χ3v) is 3.32. The van der Waals surface area contributed by atoms with Crippen LogP contribution in [-0.2, 0) is 11.2 Å². The van der Waals surface area contributed by atoms with Gasteiger partial charge in [-0.15, -0.1) is 0 Å². The predicted octanol–water partition coefficient (Wildman–Crippen LogP) is 3.85. The molecule has 2 nitrogen and oxygen atoms in total. The summed E-state index contributed by atoms with van der Waals surface area (Å²) >= 11 is 5.98. The van der Waals surface area contributed by atoms with Crippen LogP contribution in [0.4, 0.5) is 4.39 Å². The Balaban J connectivity index is 1.83. The van der Waals surface area contributed by atoms with Crippen molar-refractivity contribution in [2.75, 3.05) is 6.54 Å². The van der Waals surface area contributed by atoms with Crippen LogP contribution in [-0.4, -0.2) is 12.5 Å². The summed E-state index contributed by atoms with van der Waals surface area (Å²) in [5.41, 5.74) is 1.37. The topological polar surface area (TPSA) is 29.1 Å². The maximum atomic E-state index is 13.4. The van der Waals surface area contributed by atoms with E-state index in [-0.39, 0.29) is 11.7 Å². The van der Waals surface area contributed by atoms with Gasteiger partial charge in [0.25, 0.3) is 0 Å². The molecule has 0 radical (unpaired) electrons. The zero-order chi connectivity index (χ0) is 15.1. The van der Waals surface area contributed by atoms with Gasteiger partial charge in [-0.2, -0.15) is 0 Å². The van der Waals surface area contributed by atoms with Crippen LogP contribution in [0.5, 0.6) is 0 Å². The number of halogens is 2. The van der Waals surface area contributed by atoms with Crippen LogP contribution in [0.2, 0.25) is 5.02 Å². The highest BCUT2D eigenvalue weighted by atomic mass is 35.5. The van der Waals surface area contributed by atoms with E-state index in [0.717, 1.165) is 5.56 Å². The third kappa shape index (κ3) is 4.72. The van der Waals surface area contributed by atoms with Crippen LogP contribution in [0.3, 0.4) is 0 Å². The Morgan fingerprint density at radius 3 is 2.62 bits per heavy atom. The number of rotatable bonds is 5. The second-order valence-electron chi connectivity index (χ2n) is 4.49. The van der Waals surface area contributed by atoms with Crippen LogP contribution >= 0.6 is 11.6 Å². The van der Waals surface area contributed by atoms with Crippen LogP contribution in [0.15, 0.2) is 54.6 Å². The van der Waals surface area contributed by atoms with Crippen molar-refractivity contribution in [1.82, 2.24) is 5.32 Å². The Morgan fingerprint density at radius 2 is 1.86 bits per heavy atom. The molecular weight excluding hydrogens is 289 g/mol. The molecule has 0 heterocycles. The molecule has 0 fully saturated rings. The molecule has 4 heteroatoms. The first kappa shape index (κ1) is 15.3. The number of carbonyl (C=O) groups excluding carboxylic acids is 1. The van der Waals surface area contributed by atoms with Crippen LogP contribution < -0.4 is 5.32 Å². The fraction of sp³-hybridized carbons (Fsp3) is 0.118. The first-order valence-electron chi connectivity index (χ1n) is 6.60. The van der Waals surface area contributed by atoms with Gasteiger partial charge in [-0.25, -0.2) is 4.39 Å². The van der Waals surface area contributed by atoms with Crippen molar-refractivity contribution in [3.63, 3.8) is 0 Å². The minimum Gasteiger partial charge on any atom is -0.352 e. The summed E-state index contributed by atoms with van der Waals surface area (Å²) in [6.07, 6.45) is 3.53. The molecule has 0 saturated heterocycles. The maximum Gasteiger partial charge on any atom is 0.244 e. The number of amides is 1. The summed E-state index contributed by atoms with van der Waals surface area (Å²) in [6, 6.07) is 13.8. The molecule has 0 saturated carbocycles. The largest absolute Gasteiger partial charge is 0.352 e. The lowest BCUT2D eigenvalue weighted by Gasteiger charge is -2.04. The summed E-state index contributed by atoms with van der Waals surface area (Å²) in [5.74, 6) is -0.482. The van der Waals surface area contributed by atoms with Gasteiger partial charge in [-0.3, -0.25) is 4.79 Å². The third-order valence-electron chi connectivity index (χ3n) is 2.97. The monoisotopic (exact) mass is 303 g/mol. The molecule has 108 valence electrons. The van der Waals surface area contributed by atoms with Gasteiger partial charge in [-0.05, 0) is 35.8 Å². The number of nitrogens with one attached hydrogen (secondary N) is 1. The van der Waals surface area contributed by atoms with Gasteiger partial charge < -0.3 is 5.32 Å². The Bertz CT molecular complexity index is 655. The highest BCUT2D eigenvalue weighted by Crippen LogP contribution is 2.16. The quantitative estimate of drug-likeness (QED) is 0.835. The average Bonchev–Trinajstić information content (AvgIpc) is 2.48. The SMILES string of the molecule is O=C(/C=C/c1ccccc1Cl)NCCc1ccccc1F. The maximum absolute atomic E-state index is 13.4. The zero-order valence-electron chi connectivity index (χ0n) is 11.4. The summed E-state index contributed by atoms with van der Waals surface area (Å²) in [7, 11) is 0. The molecule has 0 aliphatic carbocycles. The van der Waals surface area contributed by atoms with Gasteiger partial charge in [-0.1, -0.05) is 48.0 Å². The van der Waals surface area contributed by atoms with Gasteiger partial charge in [0, 0.05) is 17.6 Å². The molecule has 0 aromatic heterocycles. The van der Waals surface area contributed by atoms with Gasteiger partial charge in [0.15, 0.2) is 0 Å². The number of carbonyl (C=O) groups is 1. The fourth-order valence-electron chi connectivity index (χ4n) is 1.86. The van der Waals surface area contributed by atoms with E-state index >= 15 is 0 Å². The molecule has 1 N–H and O–H groups in total. The van der Waals surface area contributed by atoms with E-state index in [0.29, 0.717) is 23.6 Å². The summed E-state index contributed by atoms with van der Waals surface area (Å²) in [4.78, 5) is 11.7. The minimum atomic E-state index is -0.252. The van der Waals surface area contributed by atoms with Crippen molar-refractivity contribution in [2.45, 2.75) is 6.42 Å².